The highest BCUT2D eigenvalue weighted by atomic mass is 15.4. The predicted molar refractivity (Wildman–Crippen MR) is 108 cm³/mol. The van der Waals surface area contributed by atoms with Gasteiger partial charge in [-0.05, 0) is 25.7 Å². The van der Waals surface area contributed by atoms with Crippen LogP contribution >= 0.6 is 0 Å². The van der Waals surface area contributed by atoms with E-state index in [9.17, 15) is 0 Å². The van der Waals surface area contributed by atoms with E-state index < -0.39 is 0 Å². The summed E-state index contributed by atoms with van der Waals surface area (Å²) in [4.78, 5) is 5.12. The van der Waals surface area contributed by atoms with Crippen molar-refractivity contribution in [3.8, 4) is 0 Å². The van der Waals surface area contributed by atoms with Crippen LogP contribution < -0.4 is 0 Å². The first-order valence-corrected chi connectivity index (χ1v) is 11.0. The minimum absolute atomic E-state index is 0.642. The summed E-state index contributed by atoms with van der Waals surface area (Å²) in [5, 5.41) is 0. The molecule has 0 atom stereocenters. The molecule has 0 amide bonds. The van der Waals surface area contributed by atoms with Crippen molar-refractivity contribution in [2.24, 2.45) is 0 Å². The van der Waals surface area contributed by atoms with E-state index in [4.69, 9.17) is 0 Å². The van der Waals surface area contributed by atoms with Gasteiger partial charge in [0.05, 0.1) is 0 Å². The molecule has 0 bridgehead atoms. The maximum Gasteiger partial charge on any atom is 0.101 e. The molecule has 0 fully saturated rings. The number of hydrogen-bond acceptors (Lipinski definition) is 2. The summed E-state index contributed by atoms with van der Waals surface area (Å²) >= 11 is 0. The molecule has 2 nitrogen and oxygen atoms in total. The van der Waals surface area contributed by atoms with Gasteiger partial charge in [-0.25, -0.2) is 0 Å². The molecule has 0 saturated carbocycles. The van der Waals surface area contributed by atoms with Crippen molar-refractivity contribution in [2.75, 3.05) is 13.1 Å². The van der Waals surface area contributed by atoms with Crippen LogP contribution in [0.25, 0.3) is 0 Å². The van der Waals surface area contributed by atoms with Gasteiger partial charge >= 0.3 is 0 Å². The molecule has 0 aromatic heterocycles. The van der Waals surface area contributed by atoms with E-state index in [2.05, 4.69) is 43.0 Å². The largest absolute Gasteiger partial charge is 0.356 e. The molecule has 1 aliphatic rings. The average molecular weight is 337 g/mol. The fourth-order valence-electron chi connectivity index (χ4n) is 3.85. The van der Waals surface area contributed by atoms with Crippen LogP contribution in [0.1, 0.15) is 111 Å². The molecule has 0 radical (unpaired) electrons. The fraction of sp³-hybridized carbons (Fsp3) is 0.909. The summed E-state index contributed by atoms with van der Waals surface area (Å²) in [5.41, 5.74) is 0. The van der Waals surface area contributed by atoms with Crippen LogP contribution in [0.3, 0.4) is 0 Å². The zero-order valence-corrected chi connectivity index (χ0v) is 16.9. The molecule has 0 aromatic carbocycles. The van der Waals surface area contributed by atoms with E-state index in [0.29, 0.717) is 6.17 Å². The molecule has 1 rings (SSSR count). The lowest BCUT2D eigenvalue weighted by molar-refractivity contribution is 0.139. The minimum Gasteiger partial charge on any atom is -0.356 e. The number of hydrogen-bond donors (Lipinski definition) is 0. The van der Waals surface area contributed by atoms with Crippen LogP contribution in [0.4, 0.5) is 0 Å². The van der Waals surface area contributed by atoms with Gasteiger partial charge in [-0.3, -0.25) is 0 Å². The molecule has 0 aliphatic carbocycles. The number of nitrogens with zero attached hydrogens (tertiary/aromatic N) is 2. The third-order valence-corrected chi connectivity index (χ3v) is 5.24. The average Bonchev–Trinajstić information content (AvgIpc) is 2.95. The summed E-state index contributed by atoms with van der Waals surface area (Å²) in [6.45, 7) is 9.29. The second kappa shape index (κ2) is 14.7. The molecular weight excluding hydrogens is 292 g/mol. The highest BCUT2D eigenvalue weighted by Gasteiger charge is 2.24. The SMILES string of the molecule is CCCCCCCCCCCCCC1N(CCC)C=CN1CCC. The van der Waals surface area contributed by atoms with Gasteiger partial charge in [-0.2, -0.15) is 0 Å². The Morgan fingerprint density at radius 2 is 0.958 bits per heavy atom. The number of unbranched alkanes of at least 4 members (excludes halogenated alkanes) is 10. The lowest BCUT2D eigenvalue weighted by atomic mass is 10.0. The van der Waals surface area contributed by atoms with E-state index >= 15 is 0 Å². The summed E-state index contributed by atoms with van der Waals surface area (Å²) in [7, 11) is 0. The van der Waals surface area contributed by atoms with Gasteiger partial charge in [0, 0.05) is 25.5 Å². The molecule has 0 N–H and O–H groups in total. The van der Waals surface area contributed by atoms with E-state index in [0.717, 1.165) is 0 Å². The van der Waals surface area contributed by atoms with Crippen molar-refractivity contribution in [1.82, 2.24) is 9.80 Å². The normalized spacial score (nSPS) is 15.0. The monoisotopic (exact) mass is 336 g/mol. The predicted octanol–water partition coefficient (Wildman–Crippen LogP) is 6.92. The summed E-state index contributed by atoms with van der Waals surface area (Å²) in [5.74, 6) is 0. The Labute approximate surface area is 152 Å². The van der Waals surface area contributed by atoms with Crippen molar-refractivity contribution in [1.29, 1.82) is 0 Å². The topological polar surface area (TPSA) is 6.48 Å². The summed E-state index contributed by atoms with van der Waals surface area (Å²) < 4.78 is 0. The van der Waals surface area contributed by atoms with Gasteiger partial charge in [0.25, 0.3) is 0 Å². The first-order chi connectivity index (χ1) is 11.8. The molecule has 1 aliphatic heterocycles. The zero-order chi connectivity index (χ0) is 17.5. The molecule has 0 unspecified atom stereocenters. The molecule has 142 valence electrons. The maximum atomic E-state index is 2.56. The van der Waals surface area contributed by atoms with Crippen LogP contribution in [0.2, 0.25) is 0 Å². The van der Waals surface area contributed by atoms with Crippen LogP contribution in [0, 0.1) is 0 Å². The van der Waals surface area contributed by atoms with Crippen LogP contribution in [-0.4, -0.2) is 29.1 Å². The Hall–Kier alpha value is -0.660. The van der Waals surface area contributed by atoms with Gasteiger partial charge in [0.1, 0.15) is 6.17 Å². The van der Waals surface area contributed by atoms with Crippen molar-refractivity contribution >= 4 is 0 Å². The Morgan fingerprint density at radius 1 is 0.542 bits per heavy atom. The van der Waals surface area contributed by atoms with E-state index in [1.54, 1.807) is 0 Å². The highest BCUT2D eigenvalue weighted by Crippen LogP contribution is 2.22. The fourth-order valence-corrected chi connectivity index (χ4v) is 3.85. The third-order valence-electron chi connectivity index (χ3n) is 5.24. The zero-order valence-electron chi connectivity index (χ0n) is 16.9. The van der Waals surface area contributed by atoms with E-state index in [1.165, 1.54) is 103 Å². The second-order valence-corrected chi connectivity index (χ2v) is 7.58. The Bertz CT molecular complexity index is 284. The lowest BCUT2D eigenvalue weighted by Crippen LogP contribution is -2.39. The first-order valence-electron chi connectivity index (χ1n) is 11.0. The van der Waals surface area contributed by atoms with Crippen LogP contribution in [-0.2, 0) is 0 Å². The molecule has 0 aromatic rings. The quantitative estimate of drug-likeness (QED) is 0.282. The Morgan fingerprint density at radius 3 is 1.38 bits per heavy atom. The smallest absolute Gasteiger partial charge is 0.101 e. The van der Waals surface area contributed by atoms with Crippen molar-refractivity contribution in [3.63, 3.8) is 0 Å². The van der Waals surface area contributed by atoms with Crippen LogP contribution in [0.5, 0.6) is 0 Å². The minimum atomic E-state index is 0.642. The van der Waals surface area contributed by atoms with Gasteiger partial charge in [0.15, 0.2) is 0 Å². The van der Waals surface area contributed by atoms with Gasteiger partial charge in [-0.15, -0.1) is 0 Å². The summed E-state index contributed by atoms with van der Waals surface area (Å²) in [6.07, 6.45) is 24.9. The molecule has 2 heteroatoms. The lowest BCUT2D eigenvalue weighted by Gasteiger charge is -2.32. The van der Waals surface area contributed by atoms with Gasteiger partial charge in [0.2, 0.25) is 0 Å². The Balaban J connectivity index is 2.02. The van der Waals surface area contributed by atoms with Crippen molar-refractivity contribution in [3.05, 3.63) is 12.4 Å². The van der Waals surface area contributed by atoms with Gasteiger partial charge in [-0.1, -0.05) is 85.0 Å². The Kier molecular flexibility index (Phi) is 13.1. The molecule has 0 saturated heterocycles. The molecule has 24 heavy (non-hydrogen) atoms. The van der Waals surface area contributed by atoms with Crippen molar-refractivity contribution in [2.45, 2.75) is 117 Å². The van der Waals surface area contributed by atoms with Crippen LogP contribution in [0.15, 0.2) is 12.4 Å². The number of rotatable bonds is 16. The standard InChI is InChI=1S/C22H44N2/c1-4-7-8-9-10-11-12-13-14-15-16-17-22-23(18-5-2)20-21-24(22)19-6-3/h20-22H,4-19H2,1-3H3. The van der Waals surface area contributed by atoms with Gasteiger partial charge < -0.3 is 9.80 Å². The van der Waals surface area contributed by atoms with E-state index in [-0.39, 0.29) is 0 Å². The molecule has 0 spiro atoms. The van der Waals surface area contributed by atoms with E-state index in [1.807, 2.05) is 0 Å². The molecule has 1 heterocycles. The molecular formula is C22H44N2. The maximum absolute atomic E-state index is 2.56. The first kappa shape index (κ1) is 21.4. The third kappa shape index (κ3) is 8.99. The highest BCUT2D eigenvalue weighted by molar-refractivity contribution is 4.96. The summed E-state index contributed by atoms with van der Waals surface area (Å²) in [6, 6.07) is 0. The second-order valence-electron chi connectivity index (χ2n) is 7.58. The van der Waals surface area contributed by atoms with Crippen molar-refractivity contribution < 1.29 is 0 Å².